The van der Waals surface area contributed by atoms with Gasteiger partial charge in [0.05, 0.1) is 6.04 Å². The van der Waals surface area contributed by atoms with Crippen LogP contribution in [0, 0.1) is 13.8 Å². The Hall–Kier alpha value is -1.69. The number of aromatic nitrogens is 2. The fourth-order valence-electron chi connectivity index (χ4n) is 2.22. The zero-order valence-corrected chi connectivity index (χ0v) is 13.7. The second-order valence-electron chi connectivity index (χ2n) is 5.42. The zero-order chi connectivity index (χ0) is 15.8. The summed E-state index contributed by atoms with van der Waals surface area (Å²) in [6.07, 6.45) is 1.69. The quantitative estimate of drug-likeness (QED) is 0.708. The Balaban J connectivity index is 2.42. The molecule has 118 valence electrons. The molecule has 1 unspecified atom stereocenters. The summed E-state index contributed by atoms with van der Waals surface area (Å²) in [6.45, 7) is 7.27. The predicted octanol–water partition coefficient (Wildman–Crippen LogP) is 1.35. The van der Waals surface area contributed by atoms with Gasteiger partial charge in [-0.3, -0.25) is 9.69 Å². The average Bonchev–Trinajstić information content (AvgIpc) is 2.37. The van der Waals surface area contributed by atoms with Crippen molar-refractivity contribution >= 4 is 11.9 Å². The van der Waals surface area contributed by atoms with Crippen LogP contribution >= 0.6 is 0 Å². The predicted molar refractivity (Wildman–Crippen MR) is 85.4 cm³/mol. The van der Waals surface area contributed by atoms with E-state index in [0.29, 0.717) is 12.5 Å². The van der Waals surface area contributed by atoms with Crippen LogP contribution in [0.1, 0.15) is 31.2 Å². The van der Waals surface area contributed by atoms with Crippen LogP contribution in [0.3, 0.4) is 0 Å². The smallest absolute Gasteiger partial charge is 0.237 e. The van der Waals surface area contributed by atoms with E-state index in [1.165, 1.54) is 0 Å². The molecule has 1 rings (SSSR count). The first kappa shape index (κ1) is 17.4. The standard InChI is InChI=1S/C15H27N5O/c1-6-16-14(21)13(20(4)5)8-7-9-17-15-18-11(2)10-12(3)19-15/h10,13H,6-9H2,1-5H3,(H,16,21)(H,17,18,19). The molecule has 0 spiro atoms. The number of carbonyl (C=O) groups is 1. The number of likely N-dealkylation sites (N-methyl/N-ethyl adjacent to an activating group) is 2. The molecule has 1 heterocycles. The first-order valence-corrected chi connectivity index (χ1v) is 7.44. The highest BCUT2D eigenvalue weighted by Crippen LogP contribution is 2.07. The highest BCUT2D eigenvalue weighted by Gasteiger charge is 2.19. The van der Waals surface area contributed by atoms with Crippen molar-refractivity contribution in [3.63, 3.8) is 0 Å². The van der Waals surface area contributed by atoms with E-state index >= 15 is 0 Å². The van der Waals surface area contributed by atoms with Crippen LogP contribution in [-0.2, 0) is 4.79 Å². The van der Waals surface area contributed by atoms with E-state index < -0.39 is 0 Å². The highest BCUT2D eigenvalue weighted by atomic mass is 16.2. The summed E-state index contributed by atoms with van der Waals surface area (Å²) in [4.78, 5) is 22.6. The maximum Gasteiger partial charge on any atom is 0.237 e. The molecule has 21 heavy (non-hydrogen) atoms. The minimum absolute atomic E-state index is 0.0881. The second-order valence-corrected chi connectivity index (χ2v) is 5.42. The summed E-state index contributed by atoms with van der Waals surface area (Å²) in [5, 5.41) is 6.09. The summed E-state index contributed by atoms with van der Waals surface area (Å²) in [5.74, 6) is 0.747. The normalized spacial score (nSPS) is 12.3. The minimum atomic E-state index is -0.0908. The molecule has 6 nitrogen and oxygen atoms in total. The fourth-order valence-corrected chi connectivity index (χ4v) is 2.22. The molecule has 1 aromatic rings. The van der Waals surface area contributed by atoms with Gasteiger partial charge >= 0.3 is 0 Å². The van der Waals surface area contributed by atoms with E-state index in [0.717, 1.165) is 30.8 Å². The lowest BCUT2D eigenvalue weighted by molar-refractivity contribution is -0.125. The summed E-state index contributed by atoms with van der Waals surface area (Å²) >= 11 is 0. The van der Waals surface area contributed by atoms with Crippen LogP contribution in [0.25, 0.3) is 0 Å². The number of nitrogens with one attached hydrogen (secondary N) is 2. The number of hydrogen-bond donors (Lipinski definition) is 2. The summed E-state index contributed by atoms with van der Waals surface area (Å²) in [6, 6.07) is 1.86. The molecule has 0 aliphatic carbocycles. The van der Waals surface area contributed by atoms with E-state index in [4.69, 9.17) is 0 Å². The summed E-state index contributed by atoms with van der Waals surface area (Å²) in [5.41, 5.74) is 1.91. The van der Waals surface area contributed by atoms with Crippen molar-refractivity contribution < 1.29 is 4.79 Å². The van der Waals surface area contributed by atoms with E-state index in [2.05, 4.69) is 20.6 Å². The highest BCUT2D eigenvalue weighted by molar-refractivity contribution is 5.81. The van der Waals surface area contributed by atoms with Crippen molar-refractivity contribution in [3.05, 3.63) is 17.5 Å². The maximum atomic E-state index is 11.9. The number of rotatable bonds is 8. The Labute approximate surface area is 127 Å². The molecular formula is C15H27N5O. The molecule has 2 N–H and O–H groups in total. The Morgan fingerprint density at radius 1 is 1.29 bits per heavy atom. The van der Waals surface area contributed by atoms with Crippen molar-refractivity contribution in [1.82, 2.24) is 20.2 Å². The van der Waals surface area contributed by atoms with Gasteiger partial charge < -0.3 is 10.6 Å². The van der Waals surface area contributed by atoms with E-state index in [9.17, 15) is 4.79 Å². The SMILES string of the molecule is CCNC(=O)C(CCCNc1nc(C)cc(C)n1)N(C)C. The van der Waals surface area contributed by atoms with E-state index in [-0.39, 0.29) is 11.9 Å². The zero-order valence-electron chi connectivity index (χ0n) is 13.7. The van der Waals surface area contributed by atoms with Gasteiger partial charge in [-0.05, 0) is 53.8 Å². The minimum Gasteiger partial charge on any atom is -0.355 e. The molecular weight excluding hydrogens is 266 g/mol. The molecule has 0 saturated heterocycles. The molecule has 1 aromatic heterocycles. The number of amides is 1. The Morgan fingerprint density at radius 3 is 2.43 bits per heavy atom. The van der Waals surface area contributed by atoms with Crippen LogP contribution in [0.15, 0.2) is 6.07 Å². The van der Waals surface area contributed by atoms with Crippen LogP contribution in [0.2, 0.25) is 0 Å². The third-order valence-electron chi connectivity index (χ3n) is 3.20. The Morgan fingerprint density at radius 2 is 1.90 bits per heavy atom. The maximum absolute atomic E-state index is 11.9. The van der Waals surface area contributed by atoms with Crippen molar-refractivity contribution in [2.75, 3.05) is 32.5 Å². The van der Waals surface area contributed by atoms with Crippen LogP contribution in [-0.4, -0.2) is 54.0 Å². The van der Waals surface area contributed by atoms with Gasteiger partial charge in [0.2, 0.25) is 11.9 Å². The molecule has 0 aliphatic heterocycles. The molecule has 0 saturated carbocycles. The molecule has 0 radical (unpaired) electrons. The lowest BCUT2D eigenvalue weighted by Crippen LogP contribution is -2.43. The van der Waals surface area contributed by atoms with Gasteiger partial charge in [-0.15, -0.1) is 0 Å². The van der Waals surface area contributed by atoms with Crippen LogP contribution < -0.4 is 10.6 Å². The van der Waals surface area contributed by atoms with Crippen LogP contribution in [0.4, 0.5) is 5.95 Å². The largest absolute Gasteiger partial charge is 0.355 e. The van der Waals surface area contributed by atoms with Gasteiger partial charge in [-0.2, -0.15) is 0 Å². The number of anilines is 1. The Kier molecular flexibility index (Phi) is 7.08. The first-order valence-electron chi connectivity index (χ1n) is 7.44. The number of aryl methyl sites for hydroxylation is 2. The van der Waals surface area contributed by atoms with Crippen LogP contribution in [0.5, 0.6) is 0 Å². The van der Waals surface area contributed by atoms with Gasteiger partial charge in [-0.25, -0.2) is 9.97 Å². The molecule has 0 aliphatic rings. The average molecular weight is 293 g/mol. The van der Waals surface area contributed by atoms with Gasteiger partial charge in [-0.1, -0.05) is 0 Å². The topological polar surface area (TPSA) is 70.1 Å². The monoisotopic (exact) mass is 293 g/mol. The van der Waals surface area contributed by atoms with Crippen molar-refractivity contribution in [2.45, 2.75) is 39.7 Å². The van der Waals surface area contributed by atoms with Crippen molar-refractivity contribution in [3.8, 4) is 0 Å². The second kappa shape index (κ2) is 8.56. The molecule has 1 atom stereocenters. The number of carbonyl (C=O) groups excluding carboxylic acids is 1. The molecule has 0 bridgehead atoms. The lowest BCUT2D eigenvalue weighted by atomic mass is 10.1. The van der Waals surface area contributed by atoms with Gasteiger partial charge in [0.25, 0.3) is 0 Å². The lowest BCUT2D eigenvalue weighted by Gasteiger charge is -2.23. The molecule has 6 heteroatoms. The van der Waals surface area contributed by atoms with E-state index in [1.807, 2.05) is 45.8 Å². The van der Waals surface area contributed by atoms with E-state index in [1.54, 1.807) is 0 Å². The number of hydrogen-bond acceptors (Lipinski definition) is 5. The fraction of sp³-hybridized carbons (Fsp3) is 0.667. The van der Waals surface area contributed by atoms with Crippen molar-refractivity contribution in [2.24, 2.45) is 0 Å². The van der Waals surface area contributed by atoms with Gasteiger partial charge in [0.1, 0.15) is 0 Å². The molecule has 0 fully saturated rings. The third-order valence-corrected chi connectivity index (χ3v) is 3.20. The summed E-state index contributed by atoms with van der Waals surface area (Å²) < 4.78 is 0. The number of nitrogens with zero attached hydrogens (tertiary/aromatic N) is 3. The molecule has 0 aromatic carbocycles. The molecule has 1 amide bonds. The Bertz CT molecular complexity index is 441. The summed E-state index contributed by atoms with van der Waals surface area (Å²) in [7, 11) is 3.86. The van der Waals surface area contributed by atoms with Crippen molar-refractivity contribution in [1.29, 1.82) is 0 Å². The van der Waals surface area contributed by atoms with Gasteiger partial charge in [0, 0.05) is 24.5 Å². The first-order chi connectivity index (χ1) is 9.93. The third kappa shape index (κ3) is 6.08. The van der Waals surface area contributed by atoms with Gasteiger partial charge in [0.15, 0.2) is 0 Å².